The molecule has 3 heteroatoms. The van der Waals surface area contributed by atoms with Crippen molar-refractivity contribution in [2.45, 2.75) is 32.3 Å². The van der Waals surface area contributed by atoms with E-state index in [4.69, 9.17) is 9.84 Å². The van der Waals surface area contributed by atoms with Crippen LogP contribution in [0.5, 0.6) is 11.5 Å². The predicted octanol–water partition coefficient (Wildman–Crippen LogP) is 4.61. The van der Waals surface area contributed by atoms with Gasteiger partial charge in [0.1, 0.15) is 11.5 Å². The van der Waals surface area contributed by atoms with Crippen LogP contribution in [0.3, 0.4) is 0 Å². The summed E-state index contributed by atoms with van der Waals surface area (Å²) in [6, 6.07) is 12.0. The van der Waals surface area contributed by atoms with Crippen molar-refractivity contribution in [2.24, 2.45) is 0 Å². The number of halogens is 1. The third-order valence-electron chi connectivity index (χ3n) is 3.75. The number of benzene rings is 2. The number of fused-ring (bicyclic) bond motifs is 1. The van der Waals surface area contributed by atoms with Gasteiger partial charge < -0.3 is 9.84 Å². The molecule has 2 aromatic carbocycles. The van der Waals surface area contributed by atoms with Crippen LogP contribution in [0.1, 0.15) is 29.5 Å². The summed E-state index contributed by atoms with van der Waals surface area (Å²) >= 11 is 3.44. The monoisotopic (exact) mass is 332 g/mol. The molecule has 0 radical (unpaired) electrons. The molecule has 3 rings (SSSR count). The van der Waals surface area contributed by atoms with Gasteiger partial charge in [0.2, 0.25) is 0 Å². The van der Waals surface area contributed by atoms with Crippen LogP contribution in [0.25, 0.3) is 0 Å². The SMILES string of the molecule is OCc1ccc(Oc2ccc3c(c2)CCCC3)cc1Br. The Morgan fingerprint density at radius 3 is 2.40 bits per heavy atom. The normalized spacial score (nSPS) is 13.9. The first-order valence-corrected chi connectivity index (χ1v) is 7.74. The second-order valence-corrected chi connectivity index (χ2v) is 6.01. The zero-order chi connectivity index (χ0) is 13.9. The lowest BCUT2D eigenvalue weighted by Crippen LogP contribution is -2.02. The molecular weight excluding hydrogens is 316 g/mol. The minimum absolute atomic E-state index is 0.0275. The number of rotatable bonds is 3. The van der Waals surface area contributed by atoms with Crippen molar-refractivity contribution < 1.29 is 9.84 Å². The van der Waals surface area contributed by atoms with Crippen molar-refractivity contribution in [3.05, 3.63) is 57.6 Å². The third-order valence-corrected chi connectivity index (χ3v) is 4.49. The third kappa shape index (κ3) is 2.89. The maximum atomic E-state index is 9.16. The summed E-state index contributed by atoms with van der Waals surface area (Å²) in [6.07, 6.45) is 4.90. The maximum Gasteiger partial charge on any atom is 0.128 e. The average Bonchev–Trinajstić information content (AvgIpc) is 2.47. The molecule has 0 unspecified atom stereocenters. The van der Waals surface area contributed by atoms with Crippen LogP contribution in [0.15, 0.2) is 40.9 Å². The van der Waals surface area contributed by atoms with Gasteiger partial charge >= 0.3 is 0 Å². The molecule has 1 aliphatic carbocycles. The lowest BCUT2D eigenvalue weighted by atomic mass is 9.92. The average molecular weight is 333 g/mol. The second-order valence-electron chi connectivity index (χ2n) is 5.15. The number of ether oxygens (including phenoxy) is 1. The van der Waals surface area contributed by atoms with E-state index in [0.717, 1.165) is 28.0 Å². The fourth-order valence-electron chi connectivity index (χ4n) is 2.63. The maximum absolute atomic E-state index is 9.16. The number of aliphatic hydroxyl groups excluding tert-OH is 1. The fraction of sp³-hybridized carbons (Fsp3) is 0.294. The number of hydrogen-bond donors (Lipinski definition) is 1. The van der Waals surface area contributed by atoms with E-state index in [9.17, 15) is 0 Å². The molecule has 0 saturated heterocycles. The first-order valence-electron chi connectivity index (χ1n) is 6.95. The van der Waals surface area contributed by atoms with E-state index >= 15 is 0 Å². The molecule has 104 valence electrons. The highest BCUT2D eigenvalue weighted by molar-refractivity contribution is 9.10. The predicted molar refractivity (Wildman–Crippen MR) is 83.2 cm³/mol. The van der Waals surface area contributed by atoms with E-state index < -0.39 is 0 Å². The Labute approximate surface area is 127 Å². The first kappa shape index (κ1) is 13.7. The molecule has 0 aromatic heterocycles. The van der Waals surface area contributed by atoms with E-state index in [-0.39, 0.29) is 6.61 Å². The molecule has 0 fully saturated rings. The van der Waals surface area contributed by atoms with Crippen LogP contribution < -0.4 is 4.74 Å². The van der Waals surface area contributed by atoms with Gasteiger partial charge in [-0.1, -0.05) is 28.1 Å². The van der Waals surface area contributed by atoms with E-state index in [1.54, 1.807) is 0 Å². The summed E-state index contributed by atoms with van der Waals surface area (Å²) in [7, 11) is 0. The van der Waals surface area contributed by atoms with Gasteiger partial charge in [0.15, 0.2) is 0 Å². The van der Waals surface area contributed by atoms with Gasteiger partial charge in [0.25, 0.3) is 0 Å². The smallest absolute Gasteiger partial charge is 0.128 e. The summed E-state index contributed by atoms with van der Waals surface area (Å²) in [5.41, 5.74) is 3.74. The molecule has 0 atom stereocenters. The molecule has 1 aliphatic rings. The zero-order valence-corrected chi connectivity index (χ0v) is 12.8. The second kappa shape index (κ2) is 5.98. The standard InChI is InChI=1S/C17H17BrO2/c18-17-10-16(8-6-14(17)11-19)20-15-7-5-12-3-1-2-4-13(12)9-15/h5-10,19H,1-4,11H2. The van der Waals surface area contributed by atoms with Crippen LogP contribution in [0.4, 0.5) is 0 Å². The lowest BCUT2D eigenvalue weighted by Gasteiger charge is -2.17. The minimum Gasteiger partial charge on any atom is -0.457 e. The van der Waals surface area contributed by atoms with E-state index in [1.807, 2.05) is 24.3 Å². The Kier molecular flexibility index (Phi) is 4.08. The van der Waals surface area contributed by atoms with E-state index in [1.165, 1.54) is 30.4 Å². The molecule has 0 amide bonds. The van der Waals surface area contributed by atoms with Crippen molar-refractivity contribution in [1.82, 2.24) is 0 Å². The van der Waals surface area contributed by atoms with Gasteiger partial charge in [-0.2, -0.15) is 0 Å². The molecule has 0 aliphatic heterocycles. The van der Waals surface area contributed by atoms with Crippen molar-refractivity contribution in [3.8, 4) is 11.5 Å². The van der Waals surface area contributed by atoms with Crippen LogP contribution in [-0.4, -0.2) is 5.11 Å². The highest BCUT2D eigenvalue weighted by atomic mass is 79.9. The van der Waals surface area contributed by atoms with Gasteiger partial charge in [0, 0.05) is 4.47 Å². The van der Waals surface area contributed by atoms with Crippen LogP contribution >= 0.6 is 15.9 Å². The highest BCUT2D eigenvalue weighted by Crippen LogP contribution is 2.30. The number of aliphatic hydroxyl groups is 1. The van der Waals surface area contributed by atoms with Gasteiger partial charge in [0.05, 0.1) is 6.61 Å². The summed E-state index contributed by atoms with van der Waals surface area (Å²) in [4.78, 5) is 0. The Morgan fingerprint density at radius 1 is 0.950 bits per heavy atom. The number of aryl methyl sites for hydroxylation is 2. The minimum atomic E-state index is 0.0275. The van der Waals surface area contributed by atoms with Crippen molar-refractivity contribution in [1.29, 1.82) is 0 Å². The van der Waals surface area contributed by atoms with Crippen molar-refractivity contribution in [2.75, 3.05) is 0 Å². The van der Waals surface area contributed by atoms with Gasteiger partial charge in [-0.15, -0.1) is 0 Å². The van der Waals surface area contributed by atoms with Gasteiger partial charge in [-0.05, 0) is 66.6 Å². The molecule has 1 N–H and O–H groups in total. The van der Waals surface area contributed by atoms with Gasteiger partial charge in [-0.3, -0.25) is 0 Å². The Hall–Kier alpha value is -1.32. The largest absolute Gasteiger partial charge is 0.457 e. The number of hydrogen-bond acceptors (Lipinski definition) is 2. The lowest BCUT2D eigenvalue weighted by molar-refractivity contribution is 0.281. The zero-order valence-electron chi connectivity index (χ0n) is 11.2. The van der Waals surface area contributed by atoms with Crippen LogP contribution in [0.2, 0.25) is 0 Å². The Bertz CT molecular complexity index is 622. The Morgan fingerprint density at radius 2 is 1.65 bits per heavy atom. The fourth-order valence-corrected chi connectivity index (χ4v) is 3.11. The van der Waals surface area contributed by atoms with Gasteiger partial charge in [-0.25, -0.2) is 0 Å². The molecule has 0 saturated carbocycles. The quantitative estimate of drug-likeness (QED) is 0.889. The highest BCUT2D eigenvalue weighted by Gasteiger charge is 2.10. The summed E-state index contributed by atoms with van der Waals surface area (Å²) in [6.45, 7) is 0.0275. The Balaban J connectivity index is 1.82. The van der Waals surface area contributed by atoms with Crippen LogP contribution in [-0.2, 0) is 19.4 Å². The van der Waals surface area contributed by atoms with Crippen LogP contribution in [0, 0.1) is 0 Å². The molecule has 20 heavy (non-hydrogen) atoms. The molecular formula is C17H17BrO2. The topological polar surface area (TPSA) is 29.5 Å². The molecule has 0 heterocycles. The van der Waals surface area contributed by atoms with Crippen molar-refractivity contribution >= 4 is 15.9 Å². The summed E-state index contributed by atoms with van der Waals surface area (Å²) in [5.74, 6) is 1.67. The summed E-state index contributed by atoms with van der Waals surface area (Å²) in [5, 5.41) is 9.16. The van der Waals surface area contributed by atoms with Crippen molar-refractivity contribution in [3.63, 3.8) is 0 Å². The molecule has 2 aromatic rings. The first-order chi connectivity index (χ1) is 9.76. The molecule has 0 bridgehead atoms. The van der Waals surface area contributed by atoms with E-state index in [2.05, 4.69) is 28.1 Å². The summed E-state index contributed by atoms with van der Waals surface area (Å²) < 4.78 is 6.78. The molecule has 2 nitrogen and oxygen atoms in total. The van der Waals surface area contributed by atoms with E-state index in [0.29, 0.717) is 0 Å². The molecule has 0 spiro atoms.